The first kappa shape index (κ1) is 18.6. The summed E-state index contributed by atoms with van der Waals surface area (Å²) in [6.45, 7) is 4.13. The Morgan fingerprint density at radius 3 is 3.00 bits per heavy atom. The summed E-state index contributed by atoms with van der Waals surface area (Å²) < 4.78 is 0. The fraction of sp³-hybridized carbons (Fsp3) is 0.273. The number of aromatic nitrogens is 3. The number of hydrogen-bond donors (Lipinski definition) is 3. The van der Waals surface area contributed by atoms with Gasteiger partial charge in [0.05, 0.1) is 11.0 Å². The minimum atomic E-state index is 0.0296. The molecule has 0 bridgehead atoms. The molecule has 0 aliphatic rings. The number of hydrogen-bond acceptors (Lipinski definition) is 2. The van der Waals surface area contributed by atoms with Crippen molar-refractivity contribution in [3.63, 3.8) is 0 Å². The number of carbonyl (C=O) groups is 1. The molecule has 0 aliphatic carbocycles. The fourth-order valence-corrected chi connectivity index (χ4v) is 3.82. The van der Waals surface area contributed by atoms with Crippen LogP contribution in [0.5, 0.6) is 0 Å². The highest BCUT2D eigenvalue weighted by atomic mass is 35.5. The Kier molecular flexibility index (Phi) is 5.09. The molecule has 1 amide bonds. The topological polar surface area (TPSA) is 73.6 Å². The van der Waals surface area contributed by atoms with E-state index in [1.54, 1.807) is 0 Å². The van der Waals surface area contributed by atoms with E-state index in [-0.39, 0.29) is 11.9 Å². The maximum Gasteiger partial charge on any atom is 0.220 e. The Morgan fingerprint density at radius 2 is 2.14 bits per heavy atom. The Balaban J connectivity index is 1.34. The molecule has 0 unspecified atom stereocenters. The van der Waals surface area contributed by atoms with Gasteiger partial charge in [0.25, 0.3) is 0 Å². The van der Waals surface area contributed by atoms with E-state index in [1.165, 1.54) is 22.0 Å². The molecule has 4 rings (SSSR count). The molecule has 28 heavy (non-hydrogen) atoms. The summed E-state index contributed by atoms with van der Waals surface area (Å²) in [4.78, 5) is 23.4. The van der Waals surface area contributed by atoms with Crippen LogP contribution in [0.2, 0.25) is 5.02 Å². The molecule has 0 fully saturated rings. The number of H-pyrrole nitrogens is 2. The largest absolute Gasteiger partial charge is 0.361 e. The normalized spacial score (nSPS) is 12.5. The monoisotopic (exact) mass is 394 g/mol. The number of aromatic amines is 2. The summed E-state index contributed by atoms with van der Waals surface area (Å²) in [5.74, 6) is 0.828. The second-order valence-electron chi connectivity index (χ2n) is 7.33. The van der Waals surface area contributed by atoms with Crippen molar-refractivity contribution in [2.45, 2.75) is 39.2 Å². The standard InChI is InChI=1S/C22H23ClN4O/c1-13-4-3-5-17-15(12-24-22(13)17)10-14(2)25-21(28)9-8-20-26-18-7-6-16(23)11-19(18)27-20/h3-7,11-12,14,24H,8-10H2,1-2H3,(H,25,28)(H,26,27)/t14-/m0/s1. The van der Waals surface area contributed by atoms with Crippen molar-refractivity contribution in [1.29, 1.82) is 0 Å². The lowest BCUT2D eigenvalue weighted by Crippen LogP contribution is -2.34. The summed E-state index contributed by atoms with van der Waals surface area (Å²) in [5, 5.41) is 4.99. The number of para-hydroxylation sites is 1. The van der Waals surface area contributed by atoms with Crippen LogP contribution >= 0.6 is 11.6 Å². The van der Waals surface area contributed by atoms with Crippen molar-refractivity contribution >= 4 is 39.4 Å². The van der Waals surface area contributed by atoms with Crippen molar-refractivity contribution in [1.82, 2.24) is 20.3 Å². The van der Waals surface area contributed by atoms with Crippen LogP contribution in [0, 0.1) is 6.92 Å². The first-order chi connectivity index (χ1) is 13.5. The molecule has 2 aromatic heterocycles. The van der Waals surface area contributed by atoms with Gasteiger partial charge in [-0.3, -0.25) is 4.79 Å². The number of aryl methyl sites for hydroxylation is 2. The van der Waals surface area contributed by atoms with Crippen LogP contribution in [0.4, 0.5) is 0 Å². The molecule has 0 aliphatic heterocycles. The lowest BCUT2D eigenvalue weighted by atomic mass is 10.0. The van der Waals surface area contributed by atoms with Crippen LogP contribution in [0.25, 0.3) is 21.9 Å². The van der Waals surface area contributed by atoms with Crippen LogP contribution < -0.4 is 5.32 Å². The van der Waals surface area contributed by atoms with E-state index in [0.717, 1.165) is 23.3 Å². The van der Waals surface area contributed by atoms with E-state index >= 15 is 0 Å². The average Bonchev–Trinajstić information content (AvgIpc) is 3.24. The van der Waals surface area contributed by atoms with Gasteiger partial charge in [-0.25, -0.2) is 4.98 Å². The lowest BCUT2D eigenvalue weighted by molar-refractivity contribution is -0.121. The van der Waals surface area contributed by atoms with E-state index in [2.05, 4.69) is 45.4 Å². The molecule has 2 heterocycles. The second-order valence-corrected chi connectivity index (χ2v) is 7.77. The zero-order valence-corrected chi connectivity index (χ0v) is 16.7. The Labute approximate surface area is 168 Å². The number of nitrogens with zero attached hydrogens (tertiary/aromatic N) is 1. The molecule has 0 saturated carbocycles. The third-order valence-electron chi connectivity index (χ3n) is 5.02. The molecular formula is C22H23ClN4O. The maximum absolute atomic E-state index is 12.4. The van der Waals surface area contributed by atoms with Crippen LogP contribution in [0.1, 0.15) is 30.3 Å². The first-order valence-corrected chi connectivity index (χ1v) is 9.86. The molecule has 0 spiro atoms. The van der Waals surface area contributed by atoms with Gasteiger partial charge in [-0.2, -0.15) is 0 Å². The zero-order chi connectivity index (χ0) is 19.7. The molecule has 4 aromatic rings. The van der Waals surface area contributed by atoms with E-state index < -0.39 is 0 Å². The van der Waals surface area contributed by atoms with E-state index in [4.69, 9.17) is 11.6 Å². The Bertz CT molecular complexity index is 1140. The number of rotatable bonds is 6. The highest BCUT2D eigenvalue weighted by molar-refractivity contribution is 6.31. The van der Waals surface area contributed by atoms with Gasteiger partial charge in [0.15, 0.2) is 0 Å². The quantitative estimate of drug-likeness (QED) is 0.444. The first-order valence-electron chi connectivity index (χ1n) is 9.48. The van der Waals surface area contributed by atoms with Crippen molar-refractivity contribution in [2.75, 3.05) is 0 Å². The molecule has 5 nitrogen and oxygen atoms in total. The minimum Gasteiger partial charge on any atom is -0.361 e. The Morgan fingerprint density at radius 1 is 1.29 bits per heavy atom. The molecule has 144 valence electrons. The summed E-state index contributed by atoms with van der Waals surface area (Å²) in [5.41, 5.74) is 5.38. The van der Waals surface area contributed by atoms with Gasteiger partial charge in [-0.05, 0) is 49.6 Å². The highest BCUT2D eigenvalue weighted by Gasteiger charge is 2.13. The third-order valence-corrected chi connectivity index (χ3v) is 5.26. The van der Waals surface area contributed by atoms with Gasteiger partial charge in [-0.15, -0.1) is 0 Å². The summed E-state index contributed by atoms with van der Waals surface area (Å²) in [6, 6.07) is 11.9. The van der Waals surface area contributed by atoms with Crippen molar-refractivity contribution in [2.24, 2.45) is 0 Å². The predicted octanol–water partition coefficient (Wildman–Crippen LogP) is 4.69. The number of nitrogens with one attached hydrogen (secondary N) is 3. The smallest absolute Gasteiger partial charge is 0.220 e. The Hall–Kier alpha value is -2.79. The number of carbonyl (C=O) groups excluding carboxylic acids is 1. The van der Waals surface area contributed by atoms with Crippen molar-refractivity contribution in [3.05, 3.63) is 64.6 Å². The van der Waals surface area contributed by atoms with Gasteiger partial charge in [-0.1, -0.05) is 29.8 Å². The predicted molar refractivity (Wildman–Crippen MR) is 114 cm³/mol. The number of amides is 1. The lowest BCUT2D eigenvalue weighted by Gasteiger charge is -2.13. The average molecular weight is 395 g/mol. The number of imidazole rings is 1. The van der Waals surface area contributed by atoms with Crippen LogP contribution in [0.3, 0.4) is 0 Å². The summed E-state index contributed by atoms with van der Waals surface area (Å²) >= 11 is 6.00. The fourth-order valence-electron chi connectivity index (χ4n) is 3.65. The minimum absolute atomic E-state index is 0.0296. The number of benzene rings is 2. The van der Waals surface area contributed by atoms with Crippen LogP contribution in [0.15, 0.2) is 42.6 Å². The molecule has 2 aromatic carbocycles. The van der Waals surface area contributed by atoms with E-state index in [0.29, 0.717) is 17.9 Å². The number of halogens is 1. The van der Waals surface area contributed by atoms with E-state index in [9.17, 15) is 4.79 Å². The van der Waals surface area contributed by atoms with E-state index in [1.807, 2.05) is 31.3 Å². The number of fused-ring (bicyclic) bond motifs is 2. The molecule has 3 N–H and O–H groups in total. The van der Waals surface area contributed by atoms with Gasteiger partial charge >= 0.3 is 0 Å². The van der Waals surface area contributed by atoms with Crippen molar-refractivity contribution < 1.29 is 4.79 Å². The van der Waals surface area contributed by atoms with Gasteiger partial charge in [0, 0.05) is 41.0 Å². The van der Waals surface area contributed by atoms with Gasteiger partial charge in [0.1, 0.15) is 5.82 Å². The van der Waals surface area contributed by atoms with Gasteiger partial charge < -0.3 is 15.3 Å². The molecule has 0 radical (unpaired) electrons. The summed E-state index contributed by atoms with van der Waals surface area (Å²) in [7, 11) is 0. The molecule has 6 heteroatoms. The van der Waals surface area contributed by atoms with Crippen molar-refractivity contribution in [3.8, 4) is 0 Å². The highest BCUT2D eigenvalue weighted by Crippen LogP contribution is 2.22. The van der Waals surface area contributed by atoms with Crippen LogP contribution in [-0.4, -0.2) is 26.9 Å². The SMILES string of the molecule is Cc1cccc2c(C[C@H](C)NC(=O)CCc3nc4ccc(Cl)cc4[nH]3)c[nH]c12. The molecule has 0 saturated heterocycles. The second kappa shape index (κ2) is 7.68. The van der Waals surface area contributed by atoms with Gasteiger partial charge in [0.2, 0.25) is 5.91 Å². The summed E-state index contributed by atoms with van der Waals surface area (Å²) in [6.07, 6.45) is 3.79. The molecule has 1 atom stereocenters. The zero-order valence-electron chi connectivity index (χ0n) is 16.0. The molecular weight excluding hydrogens is 372 g/mol. The maximum atomic E-state index is 12.4. The van der Waals surface area contributed by atoms with Crippen LogP contribution in [-0.2, 0) is 17.6 Å². The third kappa shape index (κ3) is 3.90.